The molecule has 0 bridgehead atoms. The van der Waals surface area contributed by atoms with Gasteiger partial charge in [0.15, 0.2) is 0 Å². The number of carbonyl (C=O) groups is 1. The third kappa shape index (κ3) is 2.28. The summed E-state index contributed by atoms with van der Waals surface area (Å²) in [4.78, 5) is 21.1. The number of hydrogen-bond acceptors (Lipinski definition) is 4. The predicted molar refractivity (Wildman–Crippen MR) is 58.7 cm³/mol. The van der Waals surface area contributed by atoms with Crippen LogP contribution in [0.2, 0.25) is 0 Å². The lowest BCUT2D eigenvalue weighted by atomic mass is 10.2. The van der Waals surface area contributed by atoms with Gasteiger partial charge in [0.2, 0.25) is 0 Å². The third-order valence-corrected chi connectivity index (χ3v) is 2.10. The molecule has 0 saturated heterocycles. The molecule has 0 atom stereocenters. The lowest BCUT2D eigenvalue weighted by molar-refractivity contribution is -0.108. The molecule has 0 N–H and O–H groups in total. The molecular formula is C12H10O4. The minimum atomic E-state index is -0.391. The van der Waals surface area contributed by atoms with E-state index in [0.29, 0.717) is 24.4 Å². The maximum absolute atomic E-state index is 11.0. The van der Waals surface area contributed by atoms with Gasteiger partial charge in [0.25, 0.3) is 0 Å². The van der Waals surface area contributed by atoms with Crippen molar-refractivity contribution in [3.63, 3.8) is 0 Å². The van der Waals surface area contributed by atoms with Gasteiger partial charge in [-0.1, -0.05) is 0 Å². The van der Waals surface area contributed by atoms with E-state index in [1.807, 2.05) is 0 Å². The molecule has 1 aromatic carbocycles. The van der Waals surface area contributed by atoms with Gasteiger partial charge in [0.05, 0.1) is 6.61 Å². The van der Waals surface area contributed by atoms with Gasteiger partial charge in [-0.15, -0.1) is 0 Å². The fraction of sp³-hybridized carbons (Fsp3) is 0.167. The van der Waals surface area contributed by atoms with Crippen molar-refractivity contribution in [3.05, 3.63) is 40.8 Å². The molecule has 0 unspecified atom stereocenters. The molecule has 4 heteroatoms. The second kappa shape index (κ2) is 4.61. The summed E-state index contributed by atoms with van der Waals surface area (Å²) in [6.07, 6.45) is 1.14. The van der Waals surface area contributed by atoms with Crippen LogP contribution in [0.1, 0.15) is 6.42 Å². The van der Waals surface area contributed by atoms with Crippen molar-refractivity contribution in [2.24, 2.45) is 0 Å². The Kier molecular flexibility index (Phi) is 3.00. The lowest BCUT2D eigenvalue weighted by Gasteiger charge is -2.04. The van der Waals surface area contributed by atoms with Crippen LogP contribution >= 0.6 is 0 Å². The van der Waals surface area contributed by atoms with Crippen molar-refractivity contribution < 1.29 is 13.9 Å². The van der Waals surface area contributed by atoms with E-state index in [1.54, 1.807) is 24.3 Å². The molecule has 0 radical (unpaired) electrons. The normalized spacial score (nSPS) is 10.2. The average molecular weight is 218 g/mol. The SMILES string of the molecule is O=CCCOc1ccc2ccc(=O)oc2c1. The van der Waals surface area contributed by atoms with Gasteiger partial charge in [-0.05, 0) is 18.2 Å². The molecule has 0 aliphatic heterocycles. The Labute approximate surface area is 91.4 Å². The number of hydrogen-bond donors (Lipinski definition) is 0. The molecule has 82 valence electrons. The van der Waals surface area contributed by atoms with Crippen molar-refractivity contribution in [2.45, 2.75) is 6.42 Å². The molecule has 0 spiro atoms. The van der Waals surface area contributed by atoms with Gasteiger partial charge in [-0.25, -0.2) is 4.79 Å². The van der Waals surface area contributed by atoms with E-state index >= 15 is 0 Å². The fourth-order valence-corrected chi connectivity index (χ4v) is 1.36. The molecule has 1 aromatic heterocycles. The number of fused-ring (bicyclic) bond motifs is 1. The minimum absolute atomic E-state index is 0.325. The molecule has 0 amide bonds. The van der Waals surface area contributed by atoms with Crippen LogP contribution in [0.4, 0.5) is 0 Å². The first kappa shape index (κ1) is 10.4. The first-order valence-corrected chi connectivity index (χ1v) is 4.90. The quantitative estimate of drug-likeness (QED) is 0.445. The van der Waals surface area contributed by atoms with Crippen LogP contribution < -0.4 is 10.4 Å². The largest absolute Gasteiger partial charge is 0.493 e. The summed E-state index contributed by atoms with van der Waals surface area (Å²) in [5.41, 5.74) is 0.0913. The summed E-state index contributed by atoms with van der Waals surface area (Å²) >= 11 is 0. The first-order valence-electron chi connectivity index (χ1n) is 4.90. The standard InChI is InChI=1S/C12H10O4/c13-6-1-7-15-10-4-2-9-3-5-12(14)16-11(9)8-10/h2-6,8H,1,7H2. The van der Waals surface area contributed by atoms with Crippen molar-refractivity contribution >= 4 is 17.3 Å². The smallest absolute Gasteiger partial charge is 0.336 e. The number of carbonyl (C=O) groups excluding carboxylic acids is 1. The summed E-state index contributed by atoms with van der Waals surface area (Å²) < 4.78 is 10.3. The van der Waals surface area contributed by atoms with Gasteiger partial charge < -0.3 is 13.9 Å². The second-order valence-corrected chi connectivity index (χ2v) is 3.26. The highest BCUT2D eigenvalue weighted by Gasteiger charge is 1.99. The van der Waals surface area contributed by atoms with Crippen LogP contribution in [0.3, 0.4) is 0 Å². The van der Waals surface area contributed by atoms with Gasteiger partial charge in [-0.3, -0.25) is 0 Å². The van der Waals surface area contributed by atoms with Crippen LogP contribution in [0.25, 0.3) is 11.0 Å². The van der Waals surface area contributed by atoms with E-state index in [-0.39, 0.29) is 0 Å². The Morgan fingerprint density at radius 2 is 2.06 bits per heavy atom. The van der Waals surface area contributed by atoms with Crippen LogP contribution in [-0.2, 0) is 4.79 Å². The lowest BCUT2D eigenvalue weighted by Crippen LogP contribution is -1.98. The Morgan fingerprint density at radius 3 is 2.88 bits per heavy atom. The summed E-state index contributed by atoms with van der Waals surface area (Å²) in [6, 6.07) is 8.27. The van der Waals surface area contributed by atoms with Gasteiger partial charge in [-0.2, -0.15) is 0 Å². The summed E-state index contributed by atoms with van der Waals surface area (Å²) in [5.74, 6) is 0.587. The van der Waals surface area contributed by atoms with E-state index in [0.717, 1.165) is 11.7 Å². The van der Waals surface area contributed by atoms with E-state index in [9.17, 15) is 9.59 Å². The molecule has 1 heterocycles. The molecular weight excluding hydrogens is 208 g/mol. The average Bonchev–Trinajstić information content (AvgIpc) is 2.29. The van der Waals surface area contributed by atoms with Crippen molar-refractivity contribution in [1.82, 2.24) is 0 Å². The highest BCUT2D eigenvalue weighted by atomic mass is 16.5. The van der Waals surface area contributed by atoms with Crippen molar-refractivity contribution in [1.29, 1.82) is 0 Å². The molecule has 0 saturated carbocycles. The Morgan fingerprint density at radius 1 is 1.25 bits per heavy atom. The van der Waals surface area contributed by atoms with Crippen molar-refractivity contribution in [2.75, 3.05) is 6.61 Å². The predicted octanol–water partition coefficient (Wildman–Crippen LogP) is 1.76. The monoisotopic (exact) mass is 218 g/mol. The zero-order valence-electron chi connectivity index (χ0n) is 8.51. The number of rotatable bonds is 4. The van der Waals surface area contributed by atoms with Crippen LogP contribution in [-0.4, -0.2) is 12.9 Å². The second-order valence-electron chi connectivity index (χ2n) is 3.26. The summed E-state index contributed by atoms with van der Waals surface area (Å²) in [6.45, 7) is 0.325. The van der Waals surface area contributed by atoms with Gasteiger partial charge in [0.1, 0.15) is 17.6 Å². The fourth-order valence-electron chi connectivity index (χ4n) is 1.36. The Balaban J connectivity index is 2.28. The van der Waals surface area contributed by atoms with Crippen LogP contribution in [0, 0.1) is 0 Å². The van der Waals surface area contributed by atoms with E-state index in [2.05, 4.69) is 0 Å². The highest BCUT2D eigenvalue weighted by Crippen LogP contribution is 2.19. The molecule has 0 fully saturated rings. The maximum Gasteiger partial charge on any atom is 0.336 e. The van der Waals surface area contributed by atoms with Gasteiger partial charge in [0, 0.05) is 23.9 Å². The van der Waals surface area contributed by atoms with E-state index in [4.69, 9.17) is 9.15 Å². The number of aldehydes is 1. The van der Waals surface area contributed by atoms with E-state index in [1.165, 1.54) is 6.07 Å². The molecule has 4 nitrogen and oxygen atoms in total. The highest BCUT2D eigenvalue weighted by molar-refractivity contribution is 5.77. The number of ether oxygens (including phenoxy) is 1. The zero-order chi connectivity index (χ0) is 11.4. The topological polar surface area (TPSA) is 56.5 Å². The third-order valence-electron chi connectivity index (χ3n) is 2.10. The molecule has 0 aliphatic carbocycles. The zero-order valence-corrected chi connectivity index (χ0v) is 8.51. The van der Waals surface area contributed by atoms with E-state index < -0.39 is 5.63 Å². The van der Waals surface area contributed by atoms with Crippen LogP contribution in [0.5, 0.6) is 5.75 Å². The van der Waals surface area contributed by atoms with Crippen molar-refractivity contribution in [3.8, 4) is 5.75 Å². The molecule has 2 aromatic rings. The molecule has 16 heavy (non-hydrogen) atoms. The van der Waals surface area contributed by atoms with Gasteiger partial charge >= 0.3 is 5.63 Å². The Hall–Kier alpha value is -2.10. The number of benzene rings is 1. The summed E-state index contributed by atoms with van der Waals surface area (Å²) in [5, 5.41) is 0.835. The van der Waals surface area contributed by atoms with Crippen LogP contribution in [0.15, 0.2) is 39.5 Å². The summed E-state index contributed by atoms with van der Waals surface area (Å²) in [7, 11) is 0. The Bertz CT molecular complexity index is 556. The molecule has 2 rings (SSSR count). The molecule has 0 aliphatic rings. The maximum atomic E-state index is 11.0. The first-order chi connectivity index (χ1) is 7.79. The minimum Gasteiger partial charge on any atom is -0.493 e.